The lowest BCUT2D eigenvalue weighted by atomic mass is 9.87. The molecule has 0 aromatic carbocycles. The van der Waals surface area contributed by atoms with Crippen LogP contribution < -0.4 is 4.74 Å². The highest BCUT2D eigenvalue weighted by atomic mass is 16.7. The second-order valence-electron chi connectivity index (χ2n) is 9.20. The van der Waals surface area contributed by atoms with E-state index in [0.29, 0.717) is 18.8 Å². The van der Waals surface area contributed by atoms with Crippen LogP contribution in [0.25, 0.3) is 11.3 Å². The quantitative estimate of drug-likeness (QED) is 0.543. The minimum Gasteiger partial charge on any atom is -0.489 e. The van der Waals surface area contributed by atoms with Gasteiger partial charge >= 0.3 is 5.97 Å². The smallest absolute Gasteiger partial charge is 0.309 e. The minimum atomic E-state index is -0.151. The Bertz CT molecular complexity index is 905. The molecule has 1 saturated carbocycles. The molecule has 180 valence electrons. The van der Waals surface area contributed by atoms with Gasteiger partial charge in [-0.2, -0.15) is 5.10 Å². The summed E-state index contributed by atoms with van der Waals surface area (Å²) in [7, 11) is 1.91. The molecule has 33 heavy (non-hydrogen) atoms. The van der Waals surface area contributed by atoms with Crippen LogP contribution in [-0.4, -0.2) is 45.8 Å². The molecule has 1 saturated heterocycles. The summed E-state index contributed by atoms with van der Waals surface area (Å²) >= 11 is 0. The maximum Gasteiger partial charge on any atom is 0.309 e. The summed E-state index contributed by atoms with van der Waals surface area (Å²) in [5.41, 5.74) is 2.72. The van der Waals surface area contributed by atoms with Crippen LogP contribution in [0.2, 0.25) is 0 Å². The van der Waals surface area contributed by atoms with Crippen molar-refractivity contribution in [1.82, 2.24) is 14.8 Å². The fraction of sp³-hybridized carbons (Fsp3) is 0.640. The Hall–Kier alpha value is -2.45. The Morgan fingerprint density at radius 1 is 1.18 bits per heavy atom. The first-order valence-electron chi connectivity index (χ1n) is 12.1. The summed E-state index contributed by atoms with van der Waals surface area (Å²) < 4.78 is 25.0. The third-order valence-corrected chi connectivity index (χ3v) is 6.23. The lowest BCUT2D eigenvalue weighted by molar-refractivity contribution is -0.169. The molecular formula is C25H35N3O5. The molecule has 2 aromatic heterocycles. The van der Waals surface area contributed by atoms with Gasteiger partial charge in [-0.25, -0.2) is 0 Å². The minimum absolute atomic E-state index is 0.00559. The molecule has 3 heterocycles. The number of hydrogen-bond donors (Lipinski definition) is 0. The number of pyridine rings is 1. The second-order valence-corrected chi connectivity index (χ2v) is 9.20. The molecule has 4 rings (SSSR count). The number of nitrogens with zero attached hydrogens (tertiary/aromatic N) is 3. The van der Waals surface area contributed by atoms with Crippen molar-refractivity contribution in [3.63, 3.8) is 0 Å². The SMILES string of the molecule is CC(C)OC(=O)[C@H]1CCC[C@H](Oc2ccc(-c3cnn(C)c3COC3CCCCO3)nc2)C1. The van der Waals surface area contributed by atoms with Crippen molar-refractivity contribution in [2.45, 2.75) is 83.9 Å². The van der Waals surface area contributed by atoms with E-state index in [1.807, 2.05) is 43.9 Å². The van der Waals surface area contributed by atoms with Crippen LogP contribution in [0.5, 0.6) is 5.75 Å². The zero-order valence-electron chi connectivity index (χ0n) is 19.9. The Balaban J connectivity index is 1.36. The highest BCUT2D eigenvalue weighted by Crippen LogP contribution is 2.30. The summed E-state index contributed by atoms with van der Waals surface area (Å²) in [5, 5.41) is 4.40. The van der Waals surface area contributed by atoms with Crippen molar-refractivity contribution in [2.75, 3.05) is 6.61 Å². The van der Waals surface area contributed by atoms with E-state index in [0.717, 1.165) is 62.1 Å². The highest BCUT2D eigenvalue weighted by Gasteiger charge is 2.30. The topological polar surface area (TPSA) is 84.7 Å². The maximum atomic E-state index is 12.3. The predicted octanol–water partition coefficient (Wildman–Crippen LogP) is 4.41. The van der Waals surface area contributed by atoms with Gasteiger partial charge in [-0.15, -0.1) is 0 Å². The first kappa shape index (κ1) is 23.7. The number of esters is 1. The number of rotatable bonds is 8. The third kappa shape index (κ3) is 6.32. The monoisotopic (exact) mass is 457 g/mol. The van der Waals surface area contributed by atoms with Crippen molar-refractivity contribution in [3.8, 4) is 17.0 Å². The summed E-state index contributed by atoms with van der Waals surface area (Å²) in [6.45, 7) is 4.94. The number of ether oxygens (including phenoxy) is 4. The van der Waals surface area contributed by atoms with Crippen molar-refractivity contribution in [1.29, 1.82) is 0 Å². The van der Waals surface area contributed by atoms with Gasteiger partial charge in [0, 0.05) is 19.2 Å². The summed E-state index contributed by atoms with van der Waals surface area (Å²) in [6.07, 6.45) is 9.90. The summed E-state index contributed by atoms with van der Waals surface area (Å²) in [6, 6.07) is 3.88. The van der Waals surface area contributed by atoms with Crippen molar-refractivity contribution < 1.29 is 23.7 Å². The van der Waals surface area contributed by atoms with Crippen LogP contribution in [0.15, 0.2) is 24.5 Å². The largest absolute Gasteiger partial charge is 0.489 e. The summed E-state index contributed by atoms with van der Waals surface area (Å²) in [5.74, 6) is 0.500. The fourth-order valence-corrected chi connectivity index (χ4v) is 4.46. The molecule has 0 bridgehead atoms. The van der Waals surface area contributed by atoms with Gasteiger partial charge in [-0.3, -0.25) is 14.5 Å². The van der Waals surface area contributed by atoms with E-state index in [4.69, 9.17) is 18.9 Å². The molecule has 8 nitrogen and oxygen atoms in total. The van der Waals surface area contributed by atoms with Crippen molar-refractivity contribution >= 4 is 5.97 Å². The van der Waals surface area contributed by atoms with E-state index < -0.39 is 0 Å². The van der Waals surface area contributed by atoms with Crippen LogP contribution >= 0.6 is 0 Å². The molecule has 3 atom stereocenters. The van der Waals surface area contributed by atoms with E-state index in [-0.39, 0.29) is 30.4 Å². The van der Waals surface area contributed by atoms with Gasteiger partial charge in [0.05, 0.1) is 48.5 Å². The first-order valence-corrected chi connectivity index (χ1v) is 12.1. The van der Waals surface area contributed by atoms with Gasteiger partial charge in [0.2, 0.25) is 0 Å². The highest BCUT2D eigenvalue weighted by molar-refractivity contribution is 5.72. The zero-order chi connectivity index (χ0) is 23.2. The van der Waals surface area contributed by atoms with Gasteiger partial charge in [-0.1, -0.05) is 0 Å². The molecule has 0 amide bonds. The molecule has 2 aromatic rings. The maximum absolute atomic E-state index is 12.3. The van der Waals surface area contributed by atoms with Gasteiger partial charge in [-0.05, 0) is 70.9 Å². The van der Waals surface area contributed by atoms with Crippen LogP contribution in [0.4, 0.5) is 0 Å². The van der Waals surface area contributed by atoms with Gasteiger partial charge in [0.25, 0.3) is 0 Å². The first-order chi connectivity index (χ1) is 16.0. The van der Waals surface area contributed by atoms with E-state index in [9.17, 15) is 4.79 Å². The average Bonchev–Trinajstić information content (AvgIpc) is 3.19. The van der Waals surface area contributed by atoms with E-state index >= 15 is 0 Å². The molecule has 8 heteroatoms. The molecule has 1 aliphatic heterocycles. The van der Waals surface area contributed by atoms with Crippen LogP contribution in [0, 0.1) is 5.92 Å². The van der Waals surface area contributed by atoms with Crippen LogP contribution in [-0.2, 0) is 32.7 Å². The number of carbonyl (C=O) groups excluding carboxylic acids is 1. The molecular weight excluding hydrogens is 422 g/mol. The molecule has 0 radical (unpaired) electrons. The average molecular weight is 458 g/mol. The molecule has 2 fully saturated rings. The van der Waals surface area contributed by atoms with Crippen LogP contribution in [0.1, 0.15) is 64.5 Å². The van der Waals surface area contributed by atoms with Crippen molar-refractivity contribution in [3.05, 3.63) is 30.2 Å². The molecule has 0 N–H and O–H groups in total. The Labute approximate surface area is 195 Å². The van der Waals surface area contributed by atoms with Gasteiger partial charge < -0.3 is 18.9 Å². The fourth-order valence-electron chi connectivity index (χ4n) is 4.46. The second kappa shape index (κ2) is 11.1. The number of carbonyl (C=O) groups is 1. The standard InChI is InChI=1S/C25H35N3O5/c1-17(2)32-25(29)18-7-6-8-19(13-18)33-20-10-11-22(26-14-20)21-15-27-28(3)23(21)16-31-24-9-4-5-12-30-24/h10-11,14-15,17-19,24H,4-9,12-13,16H2,1-3H3/t18-,19-,24?/m0/s1. The van der Waals surface area contributed by atoms with Gasteiger partial charge in [0.1, 0.15) is 5.75 Å². The Kier molecular flexibility index (Phi) is 7.98. The molecule has 1 unspecified atom stereocenters. The van der Waals surface area contributed by atoms with E-state index in [2.05, 4.69) is 10.1 Å². The van der Waals surface area contributed by atoms with Gasteiger partial charge in [0.15, 0.2) is 6.29 Å². The van der Waals surface area contributed by atoms with E-state index in [1.54, 1.807) is 6.20 Å². The Morgan fingerprint density at radius 3 is 2.79 bits per heavy atom. The van der Waals surface area contributed by atoms with Crippen LogP contribution in [0.3, 0.4) is 0 Å². The zero-order valence-corrected chi connectivity index (χ0v) is 19.9. The molecule has 1 aliphatic carbocycles. The lowest BCUT2D eigenvalue weighted by Gasteiger charge is -2.28. The predicted molar refractivity (Wildman–Crippen MR) is 122 cm³/mol. The number of aryl methyl sites for hydroxylation is 1. The number of hydrogen-bond acceptors (Lipinski definition) is 7. The van der Waals surface area contributed by atoms with Crippen molar-refractivity contribution in [2.24, 2.45) is 13.0 Å². The normalized spacial score (nSPS) is 23.5. The Morgan fingerprint density at radius 2 is 2.06 bits per heavy atom. The summed E-state index contributed by atoms with van der Waals surface area (Å²) in [4.78, 5) is 16.9. The lowest BCUT2D eigenvalue weighted by Crippen LogP contribution is -2.31. The number of aromatic nitrogens is 3. The van der Waals surface area contributed by atoms with E-state index in [1.165, 1.54) is 0 Å². The molecule has 0 spiro atoms. The molecule has 2 aliphatic rings. The third-order valence-electron chi connectivity index (χ3n) is 6.23.